The van der Waals surface area contributed by atoms with Gasteiger partial charge in [-0.25, -0.2) is 4.79 Å². The zero-order valence-corrected chi connectivity index (χ0v) is 16.2. The van der Waals surface area contributed by atoms with E-state index in [0.717, 1.165) is 49.1 Å². The van der Waals surface area contributed by atoms with Gasteiger partial charge < -0.3 is 9.30 Å². The maximum absolute atomic E-state index is 13.0. The lowest BCUT2D eigenvalue weighted by molar-refractivity contribution is -0.132. The number of aromatic nitrogens is 1. The molecule has 0 aromatic carbocycles. The number of urea groups is 1. The molecular formula is C20H27N3O4. The van der Waals surface area contributed by atoms with Crippen LogP contribution in [0.3, 0.4) is 0 Å². The normalized spacial score (nSPS) is 20.5. The molecule has 0 bridgehead atoms. The van der Waals surface area contributed by atoms with Crippen LogP contribution in [-0.2, 0) is 20.9 Å². The van der Waals surface area contributed by atoms with Crippen LogP contribution in [0.1, 0.15) is 49.1 Å². The fraction of sp³-hybridized carbons (Fsp3) is 0.550. The molecule has 2 fully saturated rings. The van der Waals surface area contributed by atoms with Crippen molar-refractivity contribution in [1.29, 1.82) is 0 Å². The van der Waals surface area contributed by atoms with E-state index in [4.69, 9.17) is 4.74 Å². The molecule has 1 saturated heterocycles. The molecule has 0 spiro atoms. The van der Waals surface area contributed by atoms with Crippen molar-refractivity contribution < 1.29 is 19.1 Å². The van der Waals surface area contributed by atoms with E-state index in [1.54, 1.807) is 13.2 Å². The fourth-order valence-corrected chi connectivity index (χ4v) is 4.00. The largest absolute Gasteiger partial charge is 0.383 e. The highest BCUT2D eigenvalue weighted by molar-refractivity contribution is 6.31. The average molecular weight is 373 g/mol. The summed E-state index contributed by atoms with van der Waals surface area (Å²) in [7, 11) is 1.65. The molecule has 3 rings (SSSR count). The Kier molecular flexibility index (Phi) is 5.79. The average Bonchev–Trinajstić information content (AvgIpc) is 2.91. The van der Waals surface area contributed by atoms with Crippen LogP contribution in [0.2, 0.25) is 0 Å². The van der Waals surface area contributed by atoms with Crippen molar-refractivity contribution in [2.75, 3.05) is 13.7 Å². The Morgan fingerprint density at radius 2 is 1.89 bits per heavy atom. The molecule has 1 aliphatic heterocycles. The monoisotopic (exact) mass is 373 g/mol. The van der Waals surface area contributed by atoms with Crippen molar-refractivity contribution in [1.82, 2.24) is 14.8 Å². The second-order valence-corrected chi connectivity index (χ2v) is 7.26. The molecule has 27 heavy (non-hydrogen) atoms. The number of ether oxygens (including phenoxy) is 1. The minimum atomic E-state index is -0.626. The summed E-state index contributed by atoms with van der Waals surface area (Å²) in [6, 6.07) is 1.22. The first-order valence-electron chi connectivity index (χ1n) is 9.50. The Morgan fingerprint density at radius 1 is 1.19 bits per heavy atom. The molecule has 0 unspecified atom stereocenters. The van der Waals surface area contributed by atoms with Gasteiger partial charge in [0.1, 0.15) is 5.57 Å². The van der Waals surface area contributed by atoms with E-state index in [0.29, 0.717) is 13.2 Å². The van der Waals surface area contributed by atoms with E-state index < -0.39 is 17.8 Å². The molecule has 0 atom stereocenters. The topological polar surface area (TPSA) is 80.6 Å². The van der Waals surface area contributed by atoms with E-state index in [1.807, 2.05) is 19.9 Å². The predicted octanol–water partition coefficient (Wildman–Crippen LogP) is 2.55. The van der Waals surface area contributed by atoms with Crippen LogP contribution in [0.25, 0.3) is 6.08 Å². The minimum absolute atomic E-state index is 0.0205. The summed E-state index contributed by atoms with van der Waals surface area (Å²) >= 11 is 0. The predicted molar refractivity (Wildman–Crippen MR) is 101 cm³/mol. The zero-order valence-electron chi connectivity index (χ0n) is 16.2. The number of hydrogen-bond acceptors (Lipinski definition) is 4. The molecule has 146 valence electrons. The standard InChI is InChI=1S/C20H27N3O4/c1-13-11-15(14(2)22(13)9-10-27-3)12-17-18(24)21-20(26)23(19(17)25)16-7-5-4-6-8-16/h11-12,16H,4-10H2,1-3H3,(H,21,24,26)/b17-12+. The van der Waals surface area contributed by atoms with E-state index in [9.17, 15) is 14.4 Å². The lowest BCUT2D eigenvalue weighted by Crippen LogP contribution is -2.58. The highest BCUT2D eigenvalue weighted by Gasteiger charge is 2.40. The Hall–Kier alpha value is -2.41. The molecule has 7 heteroatoms. The quantitative estimate of drug-likeness (QED) is 0.635. The van der Waals surface area contributed by atoms with Gasteiger partial charge in [-0.05, 0) is 44.4 Å². The van der Waals surface area contributed by atoms with E-state index in [1.165, 1.54) is 4.90 Å². The number of carbonyl (C=O) groups excluding carboxylic acids is 3. The second kappa shape index (κ2) is 8.08. The molecule has 1 N–H and O–H groups in total. The molecule has 0 radical (unpaired) electrons. The van der Waals surface area contributed by atoms with Gasteiger partial charge in [0.2, 0.25) is 0 Å². The third-order valence-corrected chi connectivity index (χ3v) is 5.50. The third-order valence-electron chi connectivity index (χ3n) is 5.50. The second-order valence-electron chi connectivity index (χ2n) is 7.26. The molecule has 7 nitrogen and oxygen atoms in total. The Labute approximate surface area is 159 Å². The summed E-state index contributed by atoms with van der Waals surface area (Å²) in [6.07, 6.45) is 6.31. The van der Waals surface area contributed by atoms with Crippen molar-refractivity contribution >= 4 is 23.9 Å². The number of rotatable bonds is 5. The number of imide groups is 2. The number of nitrogens with one attached hydrogen (secondary N) is 1. The van der Waals surface area contributed by atoms with Crippen molar-refractivity contribution in [2.24, 2.45) is 0 Å². The maximum atomic E-state index is 13.0. The van der Waals surface area contributed by atoms with Crippen molar-refractivity contribution in [3.8, 4) is 0 Å². The minimum Gasteiger partial charge on any atom is -0.383 e. The summed E-state index contributed by atoms with van der Waals surface area (Å²) < 4.78 is 7.23. The van der Waals surface area contributed by atoms with Gasteiger partial charge in [-0.3, -0.25) is 19.8 Å². The van der Waals surface area contributed by atoms with E-state index in [-0.39, 0.29) is 11.6 Å². The summed E-state index contributed by atoms with van der Waals surface area (Å²) in [4.78, 5) is 38.9. The summed E-state index contributed by atoms with van der Waals surface area (Å²) in [5.74, 6) is -1.11. The molecule has 2 aliphatic rings. The van der Waals surface area contributed by atoms with Crippen LogP contribution in [0.5, 0.6) is 0 Å². The number of hydrogen-bond donors (Lipinski definition) is 1. The van der Waals surface area contributed by atoms with Gasteiger partial charge in [-0.1, -0.05) is 19.3 Å². The van der Waals surface area contributed by atoms with Crippen molar-refractivity contribution in [3.63, 3.8) is 0 Å². The first kappa shape index (κ1) is 19.4. The first-order valence-corrected chi connectivity index (χ1v) is 9.50. The number of aryl methyl sites for hydroxylation is 1. The summed E-state index contributed by atoms with van der Waals surface area (Å²) in [5, 5.41) is 2.33. The van der Waals surface area contributed by atoms with Gasteiger partial charge in [0.05, 0.1) is 6.61 Å². The Morgan fingerprint density at radius 3 is 2.56 bits per heavy atom. The SMILES string of the molecule is COCCn1c(C)cc(/C=C2\C(=O)NC(=O)N(C3CCCCC3)C2=O)c1C. The molecule has 1 saturated carbocycles. The molecular weight excluding hydrogens is 346 g/mol. The number of carbonyl (C=O) groups is 3. The lowest BCUT2D eigenvalue weighted by atomic mass is 9.93. The van der Waals surface area contributed by atoms with Gasteiger partial charge in [0.25, 0.3) is 11.8 Å². The van der Waals surface area contributed by atoms with Crippen LogP contribution >= 0.6 is 0 Å². The van der Waals surface area contributed by atoms with Gasteiger partial charge in [0, 0.05) is 31.1 Å². The number of amides is 4. The van der Waals surface area contributed by atoms with Crippen LogP contribution in [0.15, 0.2) is 11.6 Å². The van der Waals surface area contributed by atoms with Crippen molar-refractivity contribution in [3.05, 3.63) is 28.6 Å². The summed E-state index contributed by atoms with van der Waals surface area (Å²) in [6.45, 7) is 5.20. The van der Waals surface area contributed by atoms with Gasteiger partial charge >= 0.3 is 6.03 Å². The Bertz CT molecular complexity index is 787. The molecule has 4 amide bonds. The van der Waals surface area contributed by atoms with Crippen LogP contribution < -0.4 is 5.32 Å². The van der Waals surface area contributed by atoms with Crippen LogP contribution in [0.4, 0.5) is 4.79 Å². The smallest absolute Gasteiger partial charge is 0.331 e. The van der Waals surface area contributed by atoms with Gasteiger partial charge in [0.15, 0.2) is 0 Å². The van der Waals surface area contributed by atoms with Crippen molar-refractivity contribution in [2.45, 2.75) is 58.5 Å². The Balaban J connectivity index is 1.91. The third kappa shape index (κ3) is 3.83. The highest BCUT2D eigenvalue weighted by atomic mass is 16.5. The van der Waals surface area contributed by atoms with Crippen LogP contribution in [0, 0.1) is 13.8 Å². The van der Waals surface area contributed by atoms with Gasteiger partial charge in [-0.15, -0.1) is 0 Å². The molecule has 1 aliphatic carbocycles. The number of methoxy groups -OCH3 is 1. The maximum Gasteiger partial charge on any atom is 0.331 e. The lowest BCUT2D eigenvalue weighted by Gasteiger charge is -2.35. The zero-order chi connectivity index (χ0) is 19.6. The number of barbiturate groups is 1. The van der Waals surface area contributed by atoms with Gasteiger partial charge in [-0.2, -0.15) is 0 Å². The molecule has 1 aromatic heterocycles. The van der Waals surface area contributed by atoms with E-state index >= 15 is 0 Å². The van der Waals surface area contributed by atoms with E-state index in [2.05, 4.69) is 9.88 Å². The van der Waals surface area contributed by atoms with Crippen LogP contribution in [-0.4, -0.2) is 47.1 Å². The molecule has 2 heterocycles. The summed E-state index contributed by atoms with van der Waals surface area (Å²) in [5.41, 5.74) is 2.81. The fourth-order valence-electron chi connectivity index (χ4n) is 4.00. The molecule has 1 aromatic rings. The highest BCUT2D eigenvalue weighted by Crippen LogP contribution is 2.27. The first-order chi connectivity index (χ1) is 12.9. The number of nitrogens with zero attached hydrogens (tertiary/aromatic N) is 2.